The Kier molecular flexibility index (Phi) is 4.38. The molecule has 1 aromatic heterocycles. The second kappa shape index (κ2) is 6.43. The minimum atomic E-state index is -0.327. The summed E-state index contributed by atoms with van der Waals surface area (Å²) in [4.78, 5) is 32.5. The molecule has 1 aromatic rings. The van der Waals surface area contributed by atoms with E-state index in [1.807, 2.05) is 10.3 Å². The van der Waals surface area contributed by atoms with E-state index in [0.29, 0.717) is 19.5 Å². The van der Waals surface area contributed by atoms with E-state index in [9.17, 15) is 9.59 Å². The highest BCUT2D eigenvalue weighted by molar-refractivity contribution is 7.13. The first-order valence-electron chi connectivity index (χ1n) is 7.46. The number of aromatic nitrogens is 1. The molecular formula is C14H20N4O2S. The van der Waals surface area contributed by atoms with Crippen molar-refractivity contribution in [2.75, 3.05) is 31.1 Å². The lowest BCUT2D eigenvalue weighted by Gasteiger charge is -2.36. The van der Waals surface area contributed by atoms with Gasteiger partial charge >= 0.3 is 0 Å². The van der Waals surface area contributed by atoms with E-state index in [-0.39, 0.29) is 17.9 Å². The first kappa shape index (κ1) is 14.3. The quantitative estimate of drug-likeness (QED) is 0.880. The molecule has 114 valence electrons. The molecule has 1 unspecified atom stereocenters. The van der Waals surface area contributed by atoms with Crippen LogP contribution in [0.5, 0.6) is 0 Å². The van der Waals surface area contributed by atoms with E-state index in [0.717, 1.165) is 37.5 Å². The number of nitrogens with zero attached hydrogens (tertiary/aromatic N) is 3. The van der Waals surface area contributed by atoms with Crippen LogP contribution in [0.4, 0.5) is 5.13 Å². The Hall–Kier alpha value is -1.63. The zero-order valence-electron chi connectivity index (χ0n) is 12.0. The topological polar surface area (TPSA) is 65.5 Å². The fraction of sp³-hybridized carbons (Fsp3) is 0.643. The van der Waals surface area contributed by atoms with Gasteiger partial charge in [-0.05, 0) is 12.8 Å². The van der Waals surface area contributed by atoms with Crippen molar-refractivity contribution in [3.8, 4) is 0 Å². The zero-order chi connectivity index (χ0) is 14.7. The summed E-state index contributed by atoms with van der Waals surface area (Å²) in [6.07, 6.45) is 4.93. The van der Waals surface area contributed by atoms with Crippen LogP contribution < -0.4 is 10.2 Å². The van der Waals surface area contributed by atoms with Gasteiger partial charge in [0.05, 0.1) is 0 Å². The monoisotopic (exact) mass is 308 g/mol. The van der Waals surface area contributed by atoms with Crippen molar-refractivity contribution in [1.82, 2.24) is 15.2 Å². The highest BCUT2D eigenvalue weighted by Gasteiger charge is 2.29. The summed E-state index contributed by atoms with van der Waals surface area (Å²) in [7, 11) is 0. The molecule has 1 atom stereocenters. The molecule has 0 aromatic carbocycles. The number of piperazine rings is 1. The number of nitrogens with one attached hydrogen (secondary N) is 1. The molecular weight excluding hydrogens is 288 g/mol. The molecule has 0 saturated carbocycles. The molecule has 7 heteroatoms. The standard InChI is InChI=1S/C14H20N4O2S/c19-12-4-2-1-3-11(16-12)13(20)17-6-8-18(9-7-17)14-15-5-10-21-14/h5,10-11H,1-4,6-9H2,(H,16,19). The second-order valence-corrected chi connectivity index (χ2v) is 6.37. The average Bonchev–Trinajstić information content (AvgIpc) is 2.96. The first-order valence-corrected chi connectivity index (χ1v) is 8.34. The van der Waals surface area contributed by atoms with Crippen LogP contribution in [0.15, 0.2) is 11.6 Å². The molecule has 2 saturated heterocycles. The molecule has 0 radical (unpaired) electrons. The summed E-state index contributed by atoms with van der Waals surface area (Å²) >= 11 is 1.62. The van der Waals surface area contributed by atoms with Crippen LogP contribution in [0.3, 0.4) is 0 Å². The van der Waals surface area contributed by atoms with E-state index in [1.165, 1.54) is 0 Å². The number of hydrogen-bond donors (Lipinski definition) is 1. The summed E-state index contributed by atoms with van der Waals surface area (Å²) in [6, 6.07) is -0.327. The fourth-order valence-corrected chi connectivity index (χ4v) is 3.57. The summed E-state index contributed by atoms with van der Waals surface area (Å²) in [5.74, 6) is 0.0799. The smallest absolute Gasteiger partial charge is 0.245 e. The minimum Gasteiger partial charge on any atom is -0.345 e. The number of carbonyl (C=O) groups excluding carboxylic acids is 2. The Morgan fingerprint density at radius 2 is 2.10 bits per heavy atom. The van der Waals surface area contributed by atoms with Crippen LogP contribution in [0.2, 0.25) is 0 Å². The highest BCUT2D eigenvalue weighted by Crippen LogP contribution is 2.20. The van der Waals surface area contributed by atoms with Crippen LogP contribution in [0.1, 0.15) is 25.7 Å². The van der Waals surface area contributed by atoms with Crippen LogP contribution in [-0.4, -0.2) is 53.9 Å². The third-order valence-corrected chi connectivity index (χ3v) is 4.89. The maximum atomic E-state index is 12.5. The number of amides is 2. The molecule has 2 fully saturated rings. The normalized spacial score (nSPS) is 23.6. The van der Waals surface area contributed by atoms with Gasteiger partial charge in [-0.15, -0.1) is 11.3 Å². The molecule has 3 heterocycles. The number of rotatable bonds is 2. The third-order valence-electron chi connectivity index (χ3n) is 4.06. The number of hydrogen-bond acceptors (Lipinski definition) is 5. The molecule has 0 spiro atoms. The number of thiazole rings is 1. The predicted molar refractivity (Wildman–Crippen MR) is 81.3 cm³/mol. The van der Waals surface area contributed by atoms with Crippen LogP contribution in [0.25, 0.3) is 0 Å². The van der Waals surface area contributed by atoms with Gasteiger partial charge in [-0.1, -0.05) is 6.42 Å². The van der Waals surface area contributed by atoms with Gasteiger partial charge in [-0.2, -0.15) is 0 Å². The highest BCUT2D eigenvalue weighted by atomic mass is 32.1. The largest absolute Gasteiger partial charge is 0.345 e. The molecule has 2 amide bonds. The number of carbonyl (C=O) groups is 2. The molecule has 3 rings (SSSR count). The van der Waals surface area contributed by atoms with Gasteiger partial charge in [-0.3, -0.25) is 9.59 Å². The maximum absolute atomic E-state index is 12.5. The Morgan fingerprint density at radius 3 is 2.81 bits per heavy atom. The molecule has 6 nitrogen and oxygen atoms in total. The van der Waals surface area contributed by atoms with Crippen LogP contribution in [0, 0.1) is 0 Å². The maximum Gasteiger partial charge on any atom is 0.245 e. The van der Waals surface area contributed by atoms with Crippen molar-refractivity contribution in [1.29, 1.82) is 0 Å². The van der Waals surface area contributed by atoms with Crippen molar-refractivity contribution in [2.24, 2.45) is 0 Å². The van der Waals surface area contributed by atoms with Gasteiger partial charge in [0.1, 0.15) is 6.04 Å². The van der Waals surface area contributed by atoms with E-state index in [4.69, 9.17) is 0 Å². The Labute approximate surface area is 128 Å². The number of anilines is 1. The summed E-state index contributed by atoms with van der Waals surface area (Å²) < 4.78 is 0. The summed E-state index contributed by atoms with van der Waals surface area (Å²) in [6.45, 7) is 3.01. The van der Waals surface area contributed by atoms with Crippen molar-refractivity contribution in [3.05, 3.63) is 11.6 Å². The van der Waals surface area contributed by atoms with Gasteiger partial charge in [0, 0.05) is 44.2 Å². The molecule has 2 aliphatic heterocycles. The van der Waals surface area contributed by atoms with Crippen LogP contribution >= 0.6 is 11.3 Å². The third kappa shape index (κ3) is 3.34. The van der Waals surface area contributed by atoms with Gasteiger partial charge in [0.25, 0.3) is 0 Å². The van der Waals surface area contributed by atoms with Gasteiger partial charge in [-0.25, -0.2) is 4.98 Å². The lowest BCUT2D eigenvalue weighted by atomic mass is 10.1. The SMILES string of the molecule is O=C1CCCCC(C(=O)N2CCN(c3nccs3)CC2)N1. The Morgan fingerprint density at radius 1 is 1.29 bits per heavy atom. The van der Waals surface area contributed by atoms with Crippen molar-refractivity contribution < 1.29 is 9.59 Å². The molecule has 2 aliphatic rings. The van der Waals surface area contributed by atoms with Crippen LogP contribution in [-0.2, 0) is 9.59 Å². The van der Waals surface area contributed by atoms with Gasteiger partial charge in [0.15, 0.2) is 5.13 Å². The zero-order valence-corrected chi connectivity index (χ0v) is 12.8. The Balaban J connectivity index is 1.56. The van der Waals surface area contributed by atoms with Gasteiger partial charge in [0.2, 0.25) is 11.8 Å². The molecule has 0 bridgehead atoms. The predicted octanol–water partition coefficient (Wildman–Crippen LogP) is 0.850. The lowest BCUT2D eigenvalue weighted by molar-refractivity contribution is -0.136. The summed E-state index contributed by atoms with van der Waals surface area (Å²) in [5, 5.41) is 5.85. The van der Waals surface area contributed by atoms with Gasteiger partial charge < -0.3 is 15.1 Å². The van der Waals surface area contributed by atoms with E-state index in [1.54, 1.807) is 17.5 Å². The Bertz CT molecular complexity index is 497. The van der Waals surface area contributed by atoms with E-state index in [2.05, 4.69) is 15.2 Å². The van der Waals surface area contributed by atoms with E-state index < -0.39 is 0 Å². The molecule has 0 aliphatic carbocycles. The summed E-state index contributed by atoms with van der Waals surface area (Å²) in [5.41, 5.74) is 0. The van der Waals surface area contributed by atoms with Crippen molar-refractivity contribution in [3.63, 3.8) is 0 Å². The van der Waals surface area contributed by atoms with Crippen molar-refractivity contribution >= 4 is 28.3 Å². The molecule has 1 N–H and O–H groups in total. The lowest BCUT2D eigenvalue weighted by Crippen LogP contribution is -2.54. The fourth-order valence-electron chi connectivity index (χ4n) is 2.87. The first-order chi connectivity index (χ1) is 10.2. The van der Waals surface area contributed by atoms with E-state index >= 15 is 0 Å². The minimum absolute atomic E-state index is 0.00673. The second-order valence-electron chi connectivity index (χ2n) is 5.49. The average molecular weight is 308 g/mol. The van der Waals surface area contributed by atoms with Crippen molar-refractivity contribution in [2.45, 2.75) is 31.7 Å². The molecule has 21 heavy (non-hydrogen) atoms.